The number of hydrogen-bond donors (Lipinski definition) is 1. The van der Waals surface area contributed by atoms with Gasteiger partial charge in [-0.15, -0.1) is 0 Å². The molecule has 0 radical (unpaired) electrons. The van der Waals surface area contributed by atoms with E-state index in [4.69, 9.17) is 24.1 Å². The quantitative estimate of drug-likeness (QED) is 0.499. The molecule has 0 aliphatic carbocycles. The van der Waals surface area contributed by atoms with Crippen LogP contribution in [0, 0.1) is 0 Å². The van der Waals surface area contributed by atoms with Crippen molar-refractivity contribution in [3.8, 4) is 0 Å². The van der Waals surface area contributed by atoms with Crippen molar-refractivity contribution in [2.45, 2.75) is 26.4 Å². The van der Waals surface area contributed by atoms with Crippen LogP contribution in [0.3, 0.4) is 0 Å². The Morgan fingerprint density at radius 1 is 1.00 bits per heavy atom. The van der Waals surface area contributed by atoms with Crippen LogP contribution < -0.4 is 0 Å². The van der Waals surface area contributed by atoms with Crippen molar-refractivity contribution < 1.29 is 28.8 Å². The maximum atomic E-state index is 10.1. The van der Waals surface area contributed by atoms with Gasteiger partial charge in [-0.3, -0.25) is 0 Å². The van der Waals surface area contributed by atoms with Gasteiger partial charge in [-0.2, -0.15) is 0 Å². The number of carboxylic acid groups (broad SMARTS) is 1. The molecule has 1 N–H and O–H groups in total. The van der Waals surface area contributed by atoms with Crippen LogP contribution in [0.4, 0.5) is 0 Å². The fourth-order valence-electron chi connectivity index (χ4n) is 1.03. The van der Waals surface area contributed by atoms with Crippen molar-refractivity contribution in [3.05, 3.63) is 0 Å². The largest absolute Gasteiger partial charge is 0.480 e. The molecule has 0 bridgehead atoms. The van der Waals surface area contributed by atoms with E-state index >= 15 is 0 Å². The summed E-state index contributed by atoms with van der Waals surface area (Å²) in [6, 6.07) is 0. The van der Waals surface area contributed by atoms with Crippen LogP contribution in [0.2, 0.25) is 0 Å². The molecule has 0 saturated carbocycles. The van der Waals surface area contributed by atoms with Gasteiger partial charge in [0.2, 0.25) is 0 Å². The highest BCUT2D eigenvalue weighted by atomic mass is 16.6. The predicted octanol–water partition coefficient (Wildman–Crippen LogP) is 0.936. The first-order valence-electron chi connectivity index (χ1n) is 6.23. The van der Waals surface area contributed by atoms with E-state index in [0.29, 0.717) is 33.0 Å². The lowest BCUT2D eigenvalue weighted by Crippen LogP contribution is -2.15. The van der Waals surface area contributed by atoms with Crippen LogP contribution in [0.1, 0.15) is 20.3 Å². The van der Waals surface area contributed by atoms with E-state index in [1.54, 1.807) is 0 Å². The smallest absolute Gasteiger partial charge is 0.329 e. The Kier molecular flexibility index (Phi) is 12.3. The number of carbonyl (C=O) groups is 1. The lowest BCUT2D eigenvalue weighted by atomic mass is 10.3. The second-order valence-electron chi connectivity index (χ2n) is 3.76. The summed E-state index contributed by atoms with van der Waals surface area (Å²) in [4.78, 5) is 10.1. The minimum atomic E-state index is -0.973. The third-order valence-corrected chi connectivity index (χ3v) is 2.17. The van der Waals surface area contributed by atoms with Gasteiger partial charge in [0.1, 0.15) is 6.61 Å². The molecule has 1 atom stereocenters. The van der Waals surface area contributed by atoms with Crippen molar-refractivity contribution in [3.63, 3.8) is 0 Å². The summed E-state index contributed by atoms with van der Waals surface area (Å²) in [7, 11) is 0. The zero-order valence-corrected chi connectivity index (χ0v) is 11.2. The second-order valence-corrected chi connectivity index (χ2v) is 3.76. The number of rotatable bonds is 13. The van der Waals surface area contributed by atoms with Crippen molar-refractivity contribution in [1.29, 1.82) is 0 Å². The third kappa shape index (κ3) is 13.4. The third-order valence-electron chi connectivity index (χ3n) is 2.17. The molecule has 0 saturated heterocycles. The molecule has 0 aromatic rings. The average molecular weight is 264 g/mol. The van der Waals surface area contributed by atoms with Gasteiger partial charge < -0.3 is 24.1 Å². The van der Waals surface area contributed by atoms with Gasteiger partial charge in [0.05, 0.1) is 45.7 Å². The minimum Gasteiger partial charge on any atom is -0.480 e. The minimum absolute atomic E-state index is 0.274. The van der Waals surface area contributed by atoms with Crippen LogP contribution in [-0.4, -0.2) is 63.4 Å². The molecule has 18 heavy (non-hydrogen) atoms. The molecule has 0 aromatic heterocycles. The first kappa shape index (κ1) is 17.3. The molecule has 0 aliphatic heterocycles. The van der Waals surface area contributed by atoms with Crippen LogP contribution in [0.5, 0.6) is 0 Å². The molecule has 0 aromatic carbocycles. The molecule has 0 heterocycles. The van der Waals surface area contributed by atoms with Gasteiger partial charge in [-0.05, 0) is 13.3 Å². The standard InChI is InChI=1S/C12H24O6/c1-3-11(2)18-9-8-16-5-4-15-6-7-17-10-12(13)14/h11H,3-10H2,1-2H3,(H,13,14). The van der Waals surface area contributed by atoms with Gasteiger partial charge in [-0.1, -0.05) is 6.92 Å². The van der Waals surface area contributed by atoms with E-state index in [9.17, 15) is 4.79 Å². The number of aliphatic carboxylic acids is 1. The monoisotopic (exact) mass is 264 g/mol. The van der Waals surface area contributed by atoms with Crippen molar-refractivity contribution in [1.82, 2.24) is 0 Å². The molecule has 0 fully saturated rings. The highest BCUT2D eigenvalue weighted by Crippen LogP contribution is 1.94. The highest BCUT2D eigenvalue weighted by Gasteiger charge is 1.98. The van der Waals surface area contributed by atoms with E-state index < -0.39 is 5.97 Å². The Labute approximate surface area is 108 Å². The normalized spacial score (nSPS) is 12.6. The molecule has 0 amide bonds. The second kappa shape index (κ2) is 12.8. The molecule has 0 spiro atoms. The Morgan fingerprint density at radius 3 is 2.00 bits per heavy atom. The van der Waals surface area contributed by atoms with E-state index in [-0.39, 0.29) is 19.3 Å². The predicted molar refractivity (Wildman–Crippen MR) is 65.8 cm³/mol. The zero-order chi connectivity index (χ0) is 13.6. The maximum absolute atomic E-state index is 10.1. The summed E-state index contributed by atoms with van der Waals surface area (Å²) in [5, 5.41) is 8.30. The summed E-state index contributed by atoms with van der Waals surface area (Å²) in [6.45, 7) is 6.60. The Hall–Kier alpha value is -0.690. The fourth-order valence-corrected chi connectivity index (χ4v) is 1.03. The first-order chi connectivity index (χ1) is 8.66. The molecule has 6 heteroatoms. The van der Waals surface area contributed by atoms with Crippen molar-refractivity contribution in [2.75, 3.05) is 46.2 Å². The Balaban J connectivity index is 3.01. The summed E-state index contributed by atoms with van der Waals surface area (Å²) in [6.07, 6.45) is 1.27. The summed E-state index contributed by atoms with van der Waals surface area (Å²) in [5.41, 5.74) is 0. The van der Waals surface area contributed by atoms with E-state index in [0.717, 1.165) is 6.42 Å². The highest BCUT2D eigenvalue weighted by molar-refractivity contribution is 5.67. The Morgan fingerprint density at radius 2 is 1.50 bits per heavy atom. The van der Waals surface area contributed by atoms with Crippen LogP contribution >= 0.6 is 0 Å². The van der Waals surface area contributed by atoms with Gasteiger partial charge in [0.25, 0.3) is 0 Å². The summed E-state index contributed by atoms with van der Waals surface area (Å²) >= 11 is 0. The van der Waals surface area contributed by atoms with Crippen molar-refractivity contribution in [2.24, 2.45) is 0 Å². The molecule has 108 valence electrons. The molecule has 0 rings (SSSR count). The lowest BCUT2D eigenvalue weighted by molar-refractivity contribution is -0.142. The number of hydrogen-bond acceptors (Lipinski definition) is 5. The average Bonchev–Trinajstić information content (AvgIpc) is 2.35. The Bertz CT molecular complexity index is 197. The molecule has 0 aliphatic rings. The zero-order valence-electron chi connectivity index (χ0n) is 11.2. The maximum Gasteiger partial charge on any atom is 0.329 e. The fraction of sp³-hybridized carbons (Fsp3) is 0.917. The van der Waals surface area contributed by atoms with Crippen LogP contribution in [-0.2, 0) is 23.7 Å². The van der Waals surface area contributed by atoms with E-state index in [1.165, 1.54) is 0 Å². The number of ether oxygens (including phenoxy) is 4. The summed E-state index contributed by atoms with van der Waals surface area (Å²) < 4.78 is 20.7. The van der Waals surface area contributed by atoms with E-state index in [2.05, 4.69) is 6.92 Å². The molecule has 6 nitrogen and oxygen atoms in total. The van der Waals surface area contributed by atoms with Crippen LogP contribution in [0.15, 0.2) is 0 Å². The number of carboxylic acids is 1. The molecular formula is C12H24O6. The van der Waals surface area contributed by atoms with Crippen molar-refractivity contribution >= 4 is 5.97 Å². The van der Waals surface area contributed by atoms with Crippen LogP contribution in [0.25, 0.3) is 0 Å². The van der Waals surface area contributed by atoms with Gasteiger partial charge in [0.15, 0.2) is 0 Å². The SMILES string of the molecule is CCC(C)OCCOCCOCCOCC(=O)O. The van der Waals surface area contributed by atoms with Gasteiger partial charge in [-0.25, -0.2) is 4.79 Å². The first-order valence-corrected chi connectivity index (χ1v) is 6.23. The summed E-state index contributed by atoms with van der Waals surface area (Å²) in [5.74, 6) is -0.973. The van der Waals surface area contributed by atoms with E-state index in [1.807, 2.05) is 6.92 Å². The molecule has 1 unspecified atom stereocenters. The topological polar surface area (TPSA) is 74.2 Å². The van der Waals surface area contributed by atoms with Gasteiger partial charge >= 0.3 is 5.97 Å². The van der Waals surface area contributed by atoms with Gasteiger partial charge in [0, 0.05) is 0 Å². The lowest BCUT2D eigenvalue weighted by Gasteiger charge is -2.10. The molecular weight excluding hydrogens is 240 g/mol.